The molecule has 2 aromatic rings. The Hall–Kier alpha value is -2.66. The molecule has 160 valence electrons. The molecule has 0 aromatic heterocycles. The summed E-state index contributed by atoms with van der Waals surface area (Å²) in [6.45, 7) is 7.76. The number of carbonyl (C=O) groups excluding carboxylic acids is 2. The zero-order valence-electron chi connectivity index (χ0n) is 18.5. The third-order valence-corrected chi connectivity index (χ3v) is 5.93. The summed E-state index contributed by atoms with van der Waals surface area (Å²) in [6.07, 6.45) is 4.83. The molecule has 0 saturated heterocycles. The number of amides is 2. The molecule has 1 aliphatic carbocycles. The number of nitrogens with one attached hydrogen (secondary N) is 3. The number of benzene rings is 2. The Labute approximate surface area is 179 Å². The largest absolute Gasteiger partial charge is 0.346 e. The molecule has 2 aromatic carbocycles. The van der Waals surface area contributed by atoms with Crippen molar-refractivity contribution >= 4 is 17.5 Å². The lowest BCUT2D eigenvalue weighted by molar-refractivity contribution is -0.125. The molecule has 0 aliphatic heterocycles. The van der Waals surface area contributed by atoms with Crippen molar-refractivity contribution in [3.05, 3.63) is 64.2 Å². The number of carbonyl (C=O) groups is 2. The fourth-order valence-corrected chi connectivity index (χ4v) is 4.09. The van der Waals surface area contributed by atoms with E-state index in [-0.39, 0.29) is 24.4 Å². The van der Waals surface area contributed by atoms with E-state index in [1.807, 2.05) is 39.0 Å². The Morgan fingerprint density at radius 3 is 2.33 bits per heavy atom. The summed E-state index contributed by atoms with van der Waals surface area (Å²) < 4.78 is 0. The molecule has 2 amide bonds. The van der Waals surface area contributed by atoms with E-state index in [1.54, 1.807) is 0 Å². The van der Waals surface area contributed by atoms with Gasteiger partial charge in [-0.15, -0.1) is 0 Å². The molecule has 2 atom stereocenters. The molecule has 0 radical (unpaired) electrons. The predicted molar refractivity (Wildman–Crippen MR) is 122 cm³/mol. The fourth-order valence-electron chi connectivity index (χ4n) is 4.09. The molecule has 1 aliphatic rings. The number of anilines is 1. The Morgan fingerprint density at radius 2 is 1.63 bits per heavy atom. The summed E-state index contributed by atoms with van der Waals surface area (Å²) in [7, 11) is 0. The van der Waals surface area contributed by atoms with Gasteiger partial charge in [0.15, 0.2) is 0 Å². The van der Waals surface area contributed by atoms with Gasteiger partial charge in [-0.05, 0) is 81.2 Å². The van der Waals surface area contributed by atoms with Crippen molar-refractivity contribution in [2.24, 2.45) is 0 Å². The first-order valence-electron chi connectivity index (χ1n) is 10.9. The molecule has 0 heterocycles. The highest BCUT2D eigenvalue weighted by molar-refractivity contribution is 5.96. The van der Waals surface area contributed by atoms with Gasteiger partial charge in [0, 0.05) is 11.7 Å². The minimum atomic E-state index is -0.399. The third kappa shape index (κ3) is 5.48. The Bertz CT molecular complexity index is 902. The van der Waals surface area contributed by atoms with Gasteiger partial charge in [-0.2, -0.15) is 0 Å². The fraction of sp³-hybridized carbons (Fsp3) is 0.440. The van der Waals surface area contributed by atoms with Gasteiger partial charge in [0.25, 0.3) is 0 Å². The van der Waals surface area contributed by atoms with Crippen LogP contribution < -0.4 is 16.0 Å². The summed E-state index contributed by atoms with van der Waals surface area (Å²) >= 11 is 0. The van der Waals surface area contributed by atoms with Crippen LogP contribution in [-0.2, 0) is 22.4 Å². The van der Waals surface area contributed by atoms with Gasteiger partial charge in [0.05, 0.1) is 12.6 Å². The third-order valence-electron chi connectivity index (χ3n) is 5.93. The van der Waals surface area contributed by atoms with Crippen molar-refractivity contribution in [3.63, 3.8) is 0 Å². The lowest BCUT2D eigenvalue weighted by Gasteiger charge is -2.22. The first kappa shape index (κ1) is 22.0. The summed E-state index contributed by atoms with van der Waals surface area (Å²) in [5, 5.41) is 8.98. The van der Waals surface area contributed by atoms with Crippen LogP contribution in [0.15, 0.2) is 36.4 Å². The zero-order valence-corrected chi connectivity index (χ0v) is 18.5. The van der Waals surface area contributed by atoms with Gasteiger partial charge in [0.1, 0.15) is 0 Å². The molecule has 30 heavy (non-hydrogen) atoms. The maximum Gasteiger partial charge on any atom is 0.243 e. The molecule has 3 N–H and O–H groups in total. The number of rotatable bonds is 7. The van der Waals surface area contributed by atoms with E-state index in [2.05, 4.69) is 41.1 Å². The zero-order chi connectivity index (χ0) is 21.7. The molecular formula is C25H33N3O2. The predicted octanol–water partition coefficient (Wildman–Crippen LogP) is 3.98. The lowest BCUT2D eigenvalue weighted by atomic mass is 9.89. The van der Waals surface area contributed by atoms with Crippen molar-refractivity contribution in [3.8, 4) is 0 Å². The van der Waals surface area contributed by atoms with Gasteiger partial charge in [0.2, 0.25) is 11.8 Å². The van der Waals surface area contributed by atoms with Crippen molar-refractivity contribution in [2.45, 2.75) is 65.5 Å². The number of hydrogen-bond donors (Lipinski definition) is 3. The van der Waals surface area contributed by atoms with Gasteiger partial charge < -0.3 is 10.6 Å². The Morgan fingerprint density at radius 1 is 0.967 bits per heavy atom. The van der Waals surface area contributed by atoms with Crippen molar-refractivity contribution in [1.82, 2.24) is 10.6 Å². The molecule has 0 bridgehead atoms. The first-order valence-corrected chi connectivity index (χ1v) is 10.9. The molecule has 5 heteroatoms. The van der Waals surface area contributed by atoms with Crippen LogP contribution in [0.25, 0.3) is 0 Å². The van der Waals surface area contributed by atoms with Crippen LogP contribution in [0.5, 0.6) is 0 Å². The lowest BCUT2D eigenvalue weighted by Crippen LogP contribution is -2.45. The Kier molecular flexibility index (Phi) is 7.27. The van der Waals surface area contributed by atoms with Crippen molar-refractivity contribution in [1.29, 1.82) is 0 Å². The monoisotopic (exact) mass is 407 g/mol. The number of fused-ring (bicyclic) bond motifs is 1. The molecule has 3 rings (SSSR count). The highest BCUT2D eigenvalue weighted by atomic mass is 16.2. The minimum Gasteiger partial charge on any atom is -0.346 e. The highest BCUT2D eigenvalue weighted by Crippen LogP contribution is 2.25. The van der Waals surface area contributed by atoms with E-state index >= 15 is 0 Å². The van der Waals surface area contributed by atoms with Crippen LogP contribution >= 0.6 is 0 Å². The van der Waals surface area contributed by atoms with Crippen LogP contribution in [0.2, 0.25) is 0 Å². The summed E-state index contributed by atoms with van der Waals surface area (Å²) in [6, 6.07) is 12.2. The van der Waals surface area contributed by atoms with Crippen LogP contribution in [0.3, 0.4) is 0 Å². The second-order valence-electron chi connectivity index (χ2n) is 8.38. The van der Waals surface area contributed by atoms with E-state index in [9.17, 15) is 9.59 Å². The Balaban J connectivity index is 1.50. The van der Waals surface area contributed by atoms with Crippen LogP contribution in [0.1, 0.15) is 60.5 Å². The number of para-hydroxylation sites is 1. The summed E-state index contributed by atoms with van der Waals surface area (Å²) in [5.41, 5.74) is 6.91. The van der Waals surface area contributed by atoms with E-state index in [1.165, 1.54) is 36.0 Å². The topological polar surface area (TPSA) is 70.2 Å². The molecule has 0 fully saturated rings. The normalized spacial score (nSPS) is 15.1. The average Bonchev–Trinajstić information content (AvgIpc) is 2.74. The maximum atomic E-state index is 12.5. The number of aryl methyl sites for hydroxylation is 4. The van der Waals surface area contributed by atoms with Gasteiger partial charge in [-0.25, -0.2) is 0 Å². The smallest absolute Gasteiger partial charge is 0.243 e. The number of hydrogen-bond acceptors (Lipinski definition) is 3. The molecule has 5 nitrogen and oxygen atoms in total. The van der Waals surface area contributed by atoms with Crippen LogP contribution in [0, 0.1) is 13.8 Å². The quantitative estimate of drug-likeness (QED) is 0.650. The van der Waals surface area contributed by atoms with Gasteiger partial charge in [-0.3, -0.25) is 14.9 Å². The standard InChI is InChI=1S/C25H33N3O2/c1-16-8-7-9-17(2)24(16)28-23(29)15-26-25(30)19(4)27-18(3)21-13-12-20-10-5-6-11-22(20)14-21/h7-9,12-14,18-19,27H,5-6,10-11,15H2,1-4H3,(H,26,30)(H,28,29)/t18-,19-/m1/s1. The minimum absolute atomic E-state index is 0.0497. The van der Waals surface area contributed by atoms with Crippen molar-refractivity contribution < 1.29 is 9.59 Å². The van der Waals surface area contributed by atoms with E-state index in [0.717, 1.165) is 23.2 Å². The van der Waals surface area contributed by atoms with Crippen LogP contribution in [0.4, 0.5) is 5.69 Å². The van der Waals surface area contributed by atoms with Crippen LogP contribution in [-0.4, -0.2) is 24.4 Å². The second kappa shape index (κ2) is 9.90. The van der Waals surface area contributed by atoms with E-state index in [4.69, 9.17) is 0 Å². The molecular weight excluding hydrogens is 374 g/mol. The van der Waals surface area contributed by atoms with E-state index < -0.39 is 6.04 Å². The molecule has 0 unspecified atom stereocenters. The molecule has 0 spiro atoms. The average molecular weight is 408 g/mol. The van der Waals surface area contributed by atoms with Gasteiger partial charge >= 0.3 is 0 Å². The summed E-state index contributed by atoms with van der Waals surface area (Å²) in [4.78, 5) is 24.8. The van der Waals surface area contributed by atoms with Crippen molar-refractivity contribution in [2.75, 3.05) is 11.9 Å². The second-order valence-corrected chi connectivity index (χ2v) is 8.38. The van der Waals surface area contributed by atoms with E-state index in [0.29, 0.717) is 0 Å². The maximum absolute atomic E-state index is 12.5. The molecule has 0 saturated carbocycles. The highest BCUT2D eigenvalue weighted by Gasteiger charge is 2.18. The first-order chi connectivity index (χ1) is 14.3. The van der Waals surface area contributed by atoms with Gasteiger partial charge in [-0.1, -0.05) is 36.4 Å². The summed E-state index contributed by atoms with van der Waals surface area (Å²) in [5.74, 6) is -0.410. The SMILES string of the molecule is Cc1cccc(C)c1NC(=O)CNC(=O)[C@@H](C)N[C@H](C)c1ccc2c(c1)CCCC2.